The van der Waals surface area contributed by atoms with Gasteiger partial charge in [0.2, 0.25) is 5.12 Å². The summed E-state index contributed by atoms with van der Waals surface area (Å²) in [5.41, 5.74) is 0. The van der Waals surface area contributed by atoms with Gasteiger partial charge in [-0.25, -0.2) is 4.90 Å². The van der Waals surface area contributed by atoms with Gasteiger partial charge < -0.3 is 10.4 Å². The first-order chi connectivity index (χ1) is 8.17. The van der Waals surface area contributed by atoms with Gasteiger partial charge in [0.05, 0.1) is 13.3 Å². The predicted octanol–water partition coefficient (Wildman–Crippen LogP) is -1.35. The van der Waals surface area contributed by atoms with E-state index in [1.807, 2.05) is 9.96 Å². The van der Waals surface area contributed by atoms with E-state index in [9.17, 15) is 4.79 Å². The molecular weight excluding hydrogens is 295 g/mol. The molecule has 18 heavy (non-hydrogen) atoms. The maximum atomic E-state index is 11.1. The second-order valence-electron chi connectivity index (χ2n) is 4.35. The molecule has 0 aromatic carbocycles. The zero-order chi connectivity index (χ0) is 12.0. The summed E-state index contributed by atoms with van der Waals surface area (Å²) in [4.78, 5) is 18.7. The van der Waals surface area contributed by atoms with Gasteiger partial charge in [-0.1, -0.05) is 0 Å². The minimum absolute atomic E-state index is 0. The summed E-state index contributed by atoms with van der Waals surface area (Å²) in [6, 6.07) is -0.287. The van der Waals surface area contributed by atoms with Gasteiger partial charge in [-0.05, 0) is 6.54 Å². The number of hydrogen-bond acceptors (Lipinski definition) is 7. The molecule has 0 aromatic rings. The molecule has 1 radical (unpaired) electrons. The number of carboxylic acids is 1. The normalized spacial score (nSPS) is 39.4. The molecular formula is C9H15N4O3SV-. The number of hydroxylamine groups is 2. The largest absolute Gasteiger partial charge is 0.480 e. The number of hydrogen-bond donors (Lipinski definition) is 3. The van der Waals surface area contributed by atoms with Crippen LogP contribution in [0.2, 0.25) is 0 Å². The summed E-state index contributed by atoms with van der Waals surface area (Å²) < 4.78 is 0. The Balaban J connectivity index is 0.00000120. The van der Waals surface area contributed by atoms with Crippen LogP contribution < -0.4 is 10.6 Å². The molecule has 0 bridgehead atoms. The molecule has 101 valence electrons. The van der Waals surface area contributed by atoms with Crippen molar-refractivity contribution in [3.05, 3.63) is 7.05 Å². The molecule has 0 aliphatic carbocycles. The van der Waals surface area contributed by atoms with Crippen molar-refractivity contribution >= 4 is 17.7 Å². The third-order valence-electron chi connectivity index (χ3n) is 3.33. The first-order valence-electron chi connectivity index (χ1n) is 5.49. The molecule has 1 spiro atoms. The van der Waals surface area contributed by atoms with Crippen LogP contribution in [0, 0.1) is 7.05 Å². The van der Waals surface area contributed by atoms with Crippen LogP contribution in [0.25, 0.3) is 0 Å². The number of carbonyl (C=O) groups is 1. The van der Waals surface area contributed by atoms with Crippen LogP contribution in [0.4, 0.5) is 0 Å². The van der Waals surface area contributed by atoms with Crippen LogP contribution in [0.1, 0.15) is 0 Å². The van der Waals surface area contributed by atoms with Gasteiger partial charge >= 0.3 is 5.97 Å². The molecule has 9 heteroatoms. The molecule has 3 aliphatic rings. The van der Waals surface area contributed by atoms with Crippen molar-refractivity contribution in [1.29, 1.82) is 0 Å². The van der Waals surface area contributed by atoms with E-state index < -0.39 is 17.1 Å². The standard InChI is InChI=1S/C9H15N4O3S.V/c1-10-2-6-3-16-13-5-12-7(8(14)15)4-17-9(12,13)11-6;/h6-7,10-11H,1-5H2,(H,14,15);/q-1;/t6?,7?,9-;/m0./s1. The second kappa shape index (κ2) is 5.30. The Bertz CT molecular complexity index is 350. The summed E-state index contributed by atoms with van der Waals surface area (Å²) in [7, 11) is 3.59. The molecule has 3 fully saturated rings. The van der Waals surface area contributed by atoms with Crippen LogP contribution in [0.15, 0.2) is 0 Å². The molecule has 2 unspecified atom stereocenters. The van der Waals surface area contributed by atoms with Crippen molar-refractivity contribution in [2.24, 2.45) is 0 Å². The number of aliphatic carboxylic acids is 1. The molecule has 0 amide bonds. The molecule has 3 rings (SSSR count). The Morgan fingerprint density at radius 1 is 1.72 bits per heavy atom. The van der Waals surface area contributed by atoms with Gasteiger partial charge in [0.1, 0.15) is 6.04 Å². The van der Waals surface area contributed by atoms with Crippen LogP contribution in [-0.4, -0.2) is 63.8 Å². The van der Waals surface area contributed by atoms with Gasteiger partial charge in [-0.3, -0.25) is 22.0 Å². The zero-order valence-electron chi connectivity index (χ0n) is 9.70. The van der Waals surface area contributed by atoms with Gasteiger partial charge in [0.25, 0.3) is 0 Å². The van der Waals surface area contributed by atoms with Crippen molar-refractivity contribution in [2.75, 3.05) is 25.6 Å². The smallest absolute Gasteiger partial charge is 0.321 e. The van der Waals surface area contributed by atoms with Gasteiger partial charge in [0, 0.05) is 30.4 Å². The molecule has 3 atom stereocenters. The first kappa shape index (κ1) is 14.6. The summed E-state index contributed by atoms with van der Waals surface area (Å²) in [5, 5.41) is 16.8. The molecule has 3 N–H and O–H groups in total. The monoisotopic (exact) mass is 310 g/mol. The van der Waals surface area contributed by atoms with Crippen molar-refractivity contribution in [3.8, 4) is 0 Å². The third kappa shape index (κ3) is 2.01. The Morgan fingerprint density at radius 2 is 2.50 bits per heavy atom. The van der Waals surface area contributed by atoms with E-state index in [2.05, 4.69) is 17.7 Å². The minimum atomic E-state index is -0.770. The average Bonchev–Trinajstić information content (AvgIpc) is 2.54. The number of thioether (sulfide) groups is 1. The van der Waals surface area contributed by atoms with Crippen molar-refractivity contribution < 1.29 is 33.3 Å². The fourth-order valence-corrected chi connectivity index (χ4v) is 4.01. The maximum Gasteiger partial charge on any atom is 0.321 e. The Hall–Kier alpha value is 0.204. The Kier molecular flexibility index (Phi) is 4.30. The SMILES string of the molecule is [CH2-]NCC1CON2CN3C(C(=O)O)CS[C@]23N1.[V]. The topological polar surface area (TPSA) is 77.1 Å². The number of nitrogens with zero attached hydrogens (tertiary/aromatic N) is 2. The van der Waals surface area contributed by atoms with E-state index in [-0.39, 0.29) is 24.6 Å². The van der Waals surface area contributed by atoms with Crippen molar-refractivity contribution in [2.45, 2.75) is 17.2 Å². The summed E-state index contributed by atoms with van der Waals surface area (Å²) in [6.07, 6.45) is 0. The molecule has 0 saturated carbocycles. The third-order valence-corrected chi connectivity index (χ3v) is 4.77. The molecule has 3 aliphatic heterocycles. The van der Waals surface area contributed by atoms with E-state index in [0.29, 0.717) is 25.6 Å². The average molecular weight is 310 g/mol. The molecule has 7 nitrogen and oxygen atoms in total. The van der Waals surface area contributed by atoms with Crippen LogP contribution >= 0.6 is 11.8 Å². The van der Waals surface area contributed by atoms with E-state index in [1.54, 1.807) is 11.8 Å². The van der Waals surface area contributed by atoms with Gasteiger partial charge in [-0.15, -0.1) is 16.8 Å². The summed E-state index contributed by atoms with van der Waals surface area (Å²) in [5.74, 6) is -0.194. The fourth-order valence-electron chi connectivity index (χ4n) is 2.45. The van der Waals surface area contributed by atoms with Crippen LogP contribution in [-0.2, 0) is 28.2 Å². The quantitative estimate of drug-likeness (QED) is 0.553. The van der Waals surface area contributed by atoms with Gasteiger partial charge in [0.15, 0.2) is 0 Å². The first-order valence-corrected chi connectivity index (χ1v) is 6.47. The zero-order valence-corrected chi connectivity index (χ0v) is 11.9. The van der Waals surface area contributed by atoms with E-state index >= 15 is 0 Å². The minimum Gasteiger partial charge on any atom is -0.480 e. The molecule has 3 saturated heterocycles. The van der Waals surface area contributed by atoms with Crippen molar-refractivity contribution in [3.63, 3.8) is 0 Å². The second-order valence-corrected chi connectivity index (χ2v) is 5.55. The van der Waals surface area contributed by atoms with Crippen molar-refractivity contribution in [1.82, 2.24) is 20.6 Å². The molecule has 3 heterocycles. The van der Waals surface area contributed by atoms with Gasteiger partial charge in [-0.2, -0.15) is 0 Å². The van der Waals surface area contributed by atoms with E-state index in [1.165, 1.54) is 0 Å². The summed E-state index contributed by atoms with van der Waals surface area (Å²) in [6.45, 7) is 1.82. The number of carboxylic acid groups (broad SMARTS) is 1. The molecule has 0 aromatic heterocycles. The Morgan fingerprint density at radius 3 is 3.17 bits per heavy atom. The Labute approximate surface area is 121 Å². The van der Waals surface area contributed by atoms with E-state index in [0.717, 1.165) is 0 Å². The summed E-state index contributed by atoms with van der Waals surface area (Å²) >= 11 is 1.58. The fraction of sp³-hybridized carbons (Fsp3) is 0.778. The maximum absolute atomic E-state index is 11.1. The van der Waals surface area contributed by atoms with Crippen LogP contribution in [0.5, 0.6) is 0 Å². The number of nitrogens with one attached hydrogen (secondary N) is 2. The van der Waals surface area contributed by atoms with Crippen LogP contribution in [0.3, 0.4) is 0 Å². The number of rotatable bonds is 3. The predicted molar refractivity (Wildman–Crippen MR) is 61.4 cm³/mol. The van der Waals surface area contributed by atoms with E-state index in [4.69, 9.17) is 9.94 Å².